The molecule has 1 fully saturated rings. The van der Waals surface area contributed by atoms with E-state index in [1.54, 1.807) is 22.0 Å². The van der Waals surface area contributed by atoms with Crippen LogP contribution in [0.3, 0.4) is 0 Å². The normalized spacial score (nSPS) is 20.1. The molecule has 23 heavy (non-hydrogen) atoms. The molecule has 1 aliphatic rings. The highest BCUT2D eigenvalue weighted by atomic mass is 16.4. The third kappa shape index (κ3) is 3.28. The van der Waals surface area contributed by atoms with E-state index in [4.69, 9.17) is 0 Å². The summed E-state index contributed by atoms with van der Waals surface area (Å²) in [6.07, 6.45) is 3.71. The van der Waals surface area contributed by atoms with Crippen LogP contribution in [-0.4, -0.2) is 53.1 Å². The Balaban J connectivity index is 2.23. The maximum atomic E-state index is 12.6. The van der Waals surface area contributed by atoms with Gasteiger partial charge in [0.05, 0.1) is 0 Å². The van der Waals surface area contributed by atoms with Gasteiger partial charge < -0.3 is 14.9 Å². The van der Waals surface area contributed by atoms with E-state index in [1.165, 1.54) is 0 Å². The van der Waals surface area contributed by atoms with E-state index in [2.05, 4.69) is 13.2 Å². The van der Waals surface area contributed by atoms with Crippen LogP contribution in [0.1, 0.15) is 12.0 Å². The van der Waals surface area contributed by atoms with Crippen molar-refractivity contribution in [3.63, 3.8) is 0 Å². The lowest BCUT2D eigenvalue weighted by Crippen LogP contribution is -2.45. The summed E-state index contributed by atoms with van der Waals surface area (Å²) in [5, 5.41) is 9.78. The fourth-order valence-corrected chi connectivity index (χ4v) is 3.01. The Morgan fingerprint density at radius 1 is 1.22 bits per heavy atom. The van der Waals surface area contributed by atoms with Crippen LogP contribution >= 0.6 is 0 Å². The minimum absolute atomic E-state index is 0.177. The summed E-state index contributed by atoms with van der Waals surface area (Å²) in [4.78, 5) is 27.8. The van der Waals surface area contributed by atoms with E-state index in [1.807, 2.05) is 30.3 Å². The quantitative estimate of drug-likeness (QED) is 0.821. The topological polar surface area (TPSA) is 60.9 Å². The third-order valence-electron chi connectivity index (χ3n) is 4.25. The number of benzene rings is 1. The number of carbonyl (C=O) groups excluding carboxylic acids is 1. The molecule has 2 rings (SSSR count). The fraction of sp³-hybridized carbons (Fsp3) is 0.333. The second kappa shape index (κ2) is 7.13. The molecule has 0 radical (unpaired) electrons. The van der Waals surface area contributed by atoms with Gasteiger partial charge in [-0.05, 0) is 12.0 Å². The zero-order valence-corrected chi connectivity index (χ0v) is 13.1. The molecule has 5 heteroatoms. The Labute approximate surface area is 136 Å². The number of amides is 2. The van der Waals surface area contributed by atoms with Crippen molar-refractivity contribution in [2.75, 3.05) is 26.2 Å². The highest BCUT2D eigenvalue weighted by molar-refractivity contribution is 5.84. The van der Waals surface area contributed by atoms with Gasteiger partial charge in [0.25, 0.3) is 0 Å². The lowest BCUT2D eigenvalue weighted by Gasteiger charge is -2.29. The van der Waals surface area contributed by atoms with E-state index in [9.17, 15) is 14.7 Å². The maximum absolute atomic E-state index is 12.6. The van der Waals surface area contributed by atoms with Crippen LogP contribution in [-0.2, 0) is 10.2 Å². The van der Waals surface area contributed by atoms with E-state index < -0.39 is 11.4 Å². The number of nitrogens with zero attached hydrogens (tertiary/aromatic N) is 2. The van der Waals surface area contributed by atoms with Gasteiger partial charge in [-0.1, -0.05) is 42.5 Å². The second-order valence-electron chi connectivity index (χ2n) is 5.69. The number of hydrogen-bond donors (Lipinski definition) is 1. The summed E-state index contributed by atoms with van der Waals surface area (Å²) in [5.41, 5.74) is -0.299. The fourth-order valence-electron chi connectivity index (χ4n) is 3.01. The van der Waals surface area contributed by atoms with E-state index in [0.29, 0.717) is 26.1 Å². The molecule has 1 aliphatic heterocycles. The van der Waals surface area contributed by atoms with Crippen LogP contribution in [0.2, 0.25) is 0 Å². The summed E-state index contributed by atoms with van der Waals surface area (Å²) in [5.74, 6) is -0.891. The molecule has 2 amide bonds. The monoisotopic (exact) mass is 314 g/mol. The average Bonchev–Trinajstić information content (AvgIpc) is 3.01. The largest absolute Gasteiger partial charge is 0.481 e. The Hall–Kier alpha value is -2.56. The molecule has 0 spiro atoms. The molecule has 0 aliphatic carbocycles. The summed E-state index contributed by atoms with van der Waals surface area (Å²) >= 11 is 0. The second-order valence-corrected chi connectivity index (χ2v) is 5.69. The summed E-state index contributed by atoms with van der Waals surface area (Å²) in [6.45, 7) is 8.73. The zero-order chi connectivity index (χ0) is 16.9. The van der Waals surface area contributed by atoms with Crippen LogP contribution in [0.15, 0.2) is 55.6 Å². The number of aliphatic carboxylic acids is 1. The van der Waals surface area contributed by atoms with Gasteiger partial charge in [-0.15, -0.1) is 13.2 Å². The Morgan fingerprint density at radius 3 is 2.35 bits per heavy atom. The first kappa shape index (κ1) is 16.8. The smallest absolute Gasteiger partial charge is 0.320 e. The molecule has 1 N–H and O–H groups in total. The standard InChI is InChI=1S/C18H22N2O3/c1-3-11-19(12-4-2)17(23)20-13-10-18(14-20,16(21)22)15-8-6-5-7-9-15/h3-9H,1-2,10-14H2,(H,21,22). The number of hydrogen-bond acceptors (Lipinski definition) is 2. The first-order chi connectivity index (χ1) is 11.0. The molecule has 122 valence electrons. The zero-order valence-electron chi connectivity index (χ0n) is 13.1. The first-order valence-corrected chi connectivity index (χ1v) is 7.59. The SMILES string of the molecule is C=CCN(CC=C)C(=O)N1CCC(C(=O)O)(c2ccccc2)C1. The van der Waals surface area contributed by atoms with Gasteiger partial charge in [-0.25, -0.2) is 4.79 Å². The molecule has 1 saturated heterocycles. The molecule has 1 aromatic rings. The van der Waals surface area contributed by atoms with Crippen molar-refractivity contribution >= 4 is 12.0 Å². The van der Waals surface area contributed by atoms with Gasteiger partial charge in [0.1, 0.15) is 5.41 Å². The molecule has 0 saturated carbocycles. The molecular formula is C18H22N2O3. The molecule has 0 aromatic heterocycles. The number of likely N-dealkylation sites (tertiary alicyclic amines) is 1. The van der Waals surface area contributed by atoms with E-state index >= 15 is 0 Å². The van der Waals surface area contributed by atoms with Crippen molar-refractivity contribution in [3.05, 3.63) is 61.2 Å². The van der Waals surface area contributed by atoms with Crippen molar-refractivity contribution in [3.8, 4) is 0 Å². The van der Waals surface area contributed by atoms with E-state index in [-0.39, 0.29) is 12.6 Å². The molecule has 1 atom stereocenters. The number of carboxylic acids is 1. The Bertz CT molecular complexity index is 590. The summed E-state index contributed by atoms with van der Waals surface area (Å²) in [6, 6.07) is 8.95. The highest BCUT2D eigenvalue weighted by Crippen LogP contribution is 2.35. The summed E-state index contributed by atoms with van der Waals surface area (Å²) in [7, 11) is 0. The van der Waals surface area contributed by atoms with Crippen molar-refractivity contribution in [1.82, 2.24) is 9.80 Å². The van der Waals surface area contributed by atoms with Gasteiger partial charge in [0.2, 0.25) is 0 Å². The Kier molecular flexibility index (Phi) is 5.21. The van der Waals surface area contributed by atoms with Gasteiger partial charge in [-0.2, -0.15) is 0 Å². The molecular weight excluding hydrogens is 292 g/mol. The minimum Gasteiger partial charge on any atom is -0.481 e. The molecule has 1 unspecified atom stereocenters. The minimum atomic E-state index is -1.04. The number of urea groups is 1. The van der Waals surface area contributed by atoms with E-state index in [0.717, 1.165) is 5.56 Å². The number of rotatable bonds is 6. The van der Waals surface area contributed by atoms with Crippen molar-refractivity contribution in [2.24, 2.45) is 0 Å². The predicted octanol–water partition coefficient (Wildman–Crippen LogP) is 2.51. The van der Waals surface area contributed by atoms with Gasteiger partial charge in [-0.3, -0.25) is 4.79 Å². The van der Waals surface area contributed by atoms with Crippen LogP contribution in [0.25, 0.3) is 0 Å². The third-order valence-corrected chi connectivity index (χ3v) is 4.25. The molecule has 1 aromatic carbocycles. The Morgan fingerprint density at radius 2 is 1.83 bits per heavy atom. The lowest BCUT2D eigenvalue weighted by molar-refractivity contribution is -0.143. The maximum Gasteiger partial charge on any atom is 0.320 e. The average molecular weight is 314 g/mol. The number of carbonyl (C=O) groups is 2. The highest BCUT2D eigenvalue weighted by Gasteiger charge is 2.48. The van der Waals surface area contributed by atoms with Crippen LogP contribution in [0.4, 0.5) is 4.79 Å². The van der Waals surface area contributed by atoms with Crippen LogP contribution in [0.5, 0.6) is 0 Å². The summed E-state index contributed by atoms with van der Waals surface area (Å²) < 4.78 is 0. The van der Waals surface area contributed by atoms with Crippen LogP contribution < -0.4 is 0 Å². The first-order valence-electron chi connectivity index (χ1n) is 7.59. The van der Waals surface area contributed by atoms with Gasteiger partial charge in [0.15, 0.2) is 0 Å². The van der Waals surface area contributed by atoms with Crippen molar-refractivity contribution < 1.29 is 14.7 Å². The van der Waals surface area contributed by atoms with Crippen molar-refractivity contribution in [1.29, 1.82) is 0 Å². The molecule has 5 nitrogen and oxygen atoms in total. The van der Waals surface area contributed by atoms with Crippen molar-refractivity contribution in [2.45, 2.75) is 11.8 Å². The predicted molar refractivity (Wildman–Crippen MR) is 89.3 cm³/mol. The lowest BCUT2D eigenvalue weighted by atomic mass is 9.80. The molecule has 0 bridgehead atoms. The van der Waals surface area contributed by atoms with Gasteiger partial charge >= 0.3 is 12.0 Å². The van der Waals surface area contributed by atoms with Crippen LogP contribution in [0, 0.1) is 0 Å². The molecule has 1 heterocycles. The van der Waals surface area contributed by atoms with Gasteiger partial charge in [0, 0.05) is 26.2 Å². The number of carboxylic acid groups (broad SMARTS) is 1.